The van der Waals surface area contributed by atoms with E-state index in [4.69, 9.17) is 12.2 Å². The Balaban J connectivity index is 1.86. The van der Waals surface area contributed by atoms with Crippen molar-refractivity contribution in [3.05, 3.63) is 46.7 Å². The summed E-state index contributed by atoms with van der Waals surface area (Å²) in [6, 6.07) is 10.5. The molecule has 130 valence electrons. The van der Waals surface area contributed by atoms with E-state index >= 15 is 0 Å². The molecule has 0 amide bonds. The molecule has 4 nitrogen and oxygen atoms in total. The highest BCUT2D eigenvalue weighted by Crippen LogP contribution is 2.22. The summed E-state index contributed by atoms with van der Waals surface area (Å²) in [7, 11) is 4.04. The zero-order valence-corrected chi connectivity index (χ0v) is 15.0. The van der Waals surface area contributed by atoms with Crippen LogP contribution in [0.4, 0.5) is 14.5 Å². The number of hydrogen-bond donors (Lipinski definition) is 2. The van der Waals surface area contributed by atoms with Gasteiger partial charge in [0.25, 0.3) is 0 Å². The molecule has 0 saturated heterocycles. The predicted octanol–water partition coefficient (Wildman–Crippen LogP) is 3.94. The minimum Gasteiger partial charge on any atom is -0.435 e. The third-order valence-electron chi connectivity index (χ3n) is 3.29. The van der Waals surface area contributed by atoms with Gasteiger partial charge in [0.2, 0.25) is 0 Å². The lowest BCUT2D eigenvalue weighted by Gasteiger charge is -2.24. The van der Waals surface area contributed by atoms with Crippen LogP contribution in [-0.2, 0) is 0 Å². The summed E-state index contributed by atoms with van der Waals surface area (Å²) in [5.41, 5.74) is 0.701. The number of hydrogen-bond acceptors (Lipinski definition) is 4. The maximum Gasteiger partial charge on any atom is 0.387 e. The lowest BCUT2D eigenvalue weighted by molar-refractivity contribution is -0.0498. The number of rotatable bonds is 7. The second-order valence-corrected chi connectivity index (χ2v) is 6.62. The molecule has 0 fully saturated rings. The van der Waals surface area contributed by atoms with Gasteiger partial charge in [-0.25, -0.2) is 0 Å². The molecule has 8 heteroatoms. The lowest BCUT2D eigenvalue weighted by Crippen LogP contribution is -2.36. The molecule has 1 atom stereocenters. The molecule has 1 unspecified atom stereocenters. The molecule has 0 aliphatic heterocycles. The topological polar surface area (TPSA) is 36.5 Å². The molecule has 0 bridgehead atoms. The van der Waals surface area contributed by atoms with Gasteiger partial charge in [-0.05, 0) is 62.0 Å². The summed E-state index contributed by atoms with van der Waals surface area (Å²) in [4.78, 5) is 3.38. The second kappa shape index (κ2) is 8.91. The number of thiocarbonyl (C=S) groups is 1. The van der Waals surface area contributed by atoms with Crippen molar-refractivity contribution in [1.29, 1.82) is 0 Å². The molecule has 2 rings (SSSR count). The lowest BCUT2D eigenvalue weighted by atomic mass is 10.2. The third-order valence-corrected chi connectivity index (χ3v) is 4.51. The molecule has 0 saturated carbocycles. The number of anilines is 1. The molecule has 0 aliphatic rings. The summed E-state index contributed by atoms with van der Waals surface area (Å²) in [5, 5.41) is 8.73. The average molecular weight is 371 g/mol. The largest absolute Gasteiger partial charge is 0.435 e. The first kappa shape index (κ1) is 18.6. The zero-order valence-electron chi connectivity index (χ0n) is 13.3. The molecule has 2 aromatic rings. The van der Waals surface area contributed by atoms with Gasteiger partial charge in [0.1, 0.15) is 5.75 Å². The Kier molecular flexibility index (Phi) is 6.89. The van der Waals surface area contributed by atoms with Crippen molar-refractivity contribution in [3.8, 4) is 5.75 Å². The smallest absolute Gasteiger partial charge is 0.387 e. The van der Waals surface area contributed by atoms with Crippen LogP contribution in [0.15, 0.2) is 41.8 Å². The molecule has 1 aromatic heterocycles. The third kappa shape index (κ3) is 5.70. The van der Waals surface area contributed by atoms with E-state index in [1.54, 1.807) is 23.5 Å². The normalized spacial score (nSPS) is 12.2. The van der Waals surface area contributed by atoms with Gasteiger partial charge in [-0.3, -0.25) is 0 Å². The number of likely N-dealkylation sites (N-methyl/N-ethyl adjacent to an activating group) is 1. The summed E-state index contributed by atoms with van der Waals surface area (Å²) in [5.74, 6) is 0.111. The van der Waals surface area contributed by atoms with Gasteiger partial charge in [0, 0.05) is 17.1 Å². The minimum absolute atomic E-state index is 0.111. The molecule has 24 heavy (non-hydrogen) atoms. The molecule has 0 radical (unpaired) electrons. The van der Waals surface area contributed by atoms with Gasteiger partial charge in [0.15, 0.2) is 5.11 Å². The summed E-state index contributed by atoms with van der Waals surface area (Å²) < 4.78 is 28.5. The number of benzene rings is 1. The van der Waals surface area contributed by atoms with Crippen LogP contribution < -0.4 is 15.4 Å². The number of nitrogens with zero attached hydrogens (tertiary/aromatic N) is 1. The SMILES string of the molecule is CN(C)C(CNC(=S)Nc1ccc(OC(F)F)cc1)c1cccs1. The Morgan fingerprint density at radius 2 is 1.96 bits per heavy atom. The fourth-order valence-corrected chi connectivity index (χ4v) is 3.23. The average Bonchev–Trinajstić information content (AvgIpc) is 3.02. The molecule has 1 aromatic carbocycles. The van der Waals surface area contributed by atoms with Crippen molar-refractivity contribution >= 4 is 34.4 Å². The summed E-state index contributed by atoms with van der Waals surface area (Å²) in [6.45, 7) is -2.17. The van der Waals surface area contributed by atoms with E-state index in [1.165, 1.54) is 17.0 Å². The molecule has 0 aliphatic carbocycles. The number of nitrogens with one attached hydrogen (secondary N) is 2. The van der Waals surface area contributed by atoms with Crippen LogP contribution in [0.3, 0.4) is 0 Å². The standard InChI is InChI=1S/C16H19F2N3OS2/c1-21(2)13(14-4-3-9-24-14)10-19-16(23)20-11-5-7-12(8-6-11)22-15(17)18/h3-9,13,15H,10H2,1-2H3,(H2,19,20,23). The van der Waals surface area contributed by atoms with Gasteiger partial charge in [-0.1, -0.05) is 6.07 Å². The fraction of sp³-hybridized carbons (Fsp3) is 0.312. The molecule has 1 heterocycles. The van der Waals surface area contributed by atoms with E-state index < -0.39 is 6.61 Å². The Labute approximate surface area is 149 Å². The molecular weight excluding hydrogens is 352 g/mol. The Morgan fingerprint density at radius 1 is 1.25 bits per heavy atom. The summed E-state index contributed by atoms with van der Waals surface area (Å²) in [6.07, 6.45) is 0. The van der Waals surface area contributed by atoms with Gasteiger partial charge >= 0.3 is 6.61 Å². The van der Waals surface area contributed by atoms with Crippen molar-refractivity contribution in [3.63, 3.8) is 0 Å². The first-order chi connectivity index (χ1) is 11.5. The number of thiophene rings is 1. The minimum atomic E-state index is -2.83. The first-order valence-corrected chi connectivity index (χ1v) is 8.54. The molecular formula is C16H19F2N3OS2. The van der Waals surface area contributed by atoms with Crippen LogP contribution in [0.1, 0.15) is 10.9 Å². The highest BCUT2D eigenvalue weighted by molar-refractivity contribution is 7.80. The predicted molar refractivity (Wildman–Crippen MR) is 98.0 cm³/mol. The van der Waals surface area contributed by atoms with E-state index in [0.717, 1.165) is 0 Å². The zero-order chi connectivity index (χ0) is 17.5. The van der Waals surface area contributed by atoms with Crippen molar-refractivity contribution in [2.45, 2.75) is 12.7 Å². The number of ether oxygens (including phenoxy) is 1. The monoisotopic (exact) mass is 371 g/mol. The maximum absolute atomic E-state index is 12.1. The van der Waals surface area contributed by atoms with Crippen LogP contribution in [0.2, 0.25) is 0 Å². The number of alkyl halides is 2. The maximum atomic E-state index is 12.1. The van der Waals surface area contributed by atoms with Gasteiger partial charge in [-0.15, -0.1) is 11.3 Å². The summed E-state index contributed by atoms with van der Waals surface area (Å²) >= 11 is 6.99. The first-order valence-electron chi connectivity index (χ1n) is 7.25. The Morgan fingerprint density at radius 3 is 2.50 bits per heavy atom. The van der Waals surface area contributed by atoms with Gasteiger partial charge in [-0.2, -0.15) is 8.78 Å². The van der Waals surface area contributed by atoms with E-state index in [1.807, 2.05) is 25.5 Å². The molecule has 2 N–H and O–H groups in total. The van der Waals surface area contributed by atoms with E-state index in [-0.39, 0.29) is 11.8 Å². The van der Waals surface area contributed by atoms with Crippen molar-refractivity contribution in [1.82, 2.24) is 10.2 Å². The van der Waals surface area contributed by atoms with E-state index in [0.29, 0.717) is 17.3 Å². The number of halogens is 2. The Hall–Kier alpha value is -1.77. The molecule has 0 spiro atoms. The quantitative estimate of drug-likeness (QED) is 0.721. The van der Waals surface area contributed by atoms with Gasteiger partial charge < -0.3 is 20.3 Å². The van der Waals surface area contributed by atoms with Crippen molar-refractivity contribution < 1.29 is 13.5 Å². The fourth-order valence-electron chi connectivity index (χ4n) is 2.10. The van der Waals surface area contributed by atoms with Crippen molar-refractivity contribution in [2.75, 3.05) is 26.0 Å². The van der Waals surface area contributed by atoms with E-state index in [9.17, 15) is 8.78 Å². The highest BCUT2D eigenvalue weighted by Gasteiger charge is 2.15. The highest BCUT2D eigenvalue weighted by atomic mass is 32.1. The Bertz CT molecular complexity index is 633. The van der Waals surface area contributed by atoms with Crippen LogP contribution in [0.5, 0.6) is 5.75 Å². The second-order valence-electron chi connectivity index (χ2n) is 5.23. The van der Waals surface area contributed by atoms with Gasteiger partial charge in [0.05, 0.1) is 6.04 Å². The van der Waals surface area contributed by atoms with Crippen LogP contribution >= 0.6 is 23.6 Å². The van der Waals surface area contributed by atoms with Crippen molar-refractivity contribution in [2.24, 2.45) is 0 Å². The van der Waals surface area contributed by atoms with Crippen LogP contribution in [-0.4, -0.2) is 37.3 Å². The van der Waals surface area contributed by atoms with E-state index in [2.05, 4.69) is 26.3 Å². The van der Waals surface area contributed by atoms with Crippen LogP contribution in [0, 0.1) is 0 Å². The van der Waals surface area contributed by atoms with Crippen LogP contribution in [0.25, 0.3) is 0 Å².